The van der Waals surface area contributed by atoms with Crippen molar-refractivity contribution in [1.82, 2.24) is 4.57 Å². The first-order valence-corrected chi connectivity index (χ1v) is 30.4. The maximum absolute atomic E-state index is 2.78. The molecule has 2 nitrogen and oxygen atoms in total. The monoisotopic (exact) mass is 998 g/mol. The third-order valence-electron chi connectivity index (χ3n) is 16.6. The van der Waals surface area contributed by atoms with E-state index in [-0.39, 0.29) is 0 Å². The van der Waals surface area contributed by atoms with Crippen molar-refractivity contribution in [2.75, 3.05) is 4.90 Å². The van der Waals surface area contributed by atoms with Crippen molar-refractivity contribution in [1.29, 1.82) is 0 Å². The van der Waals surface area contributed by atoms with Gasteiger partial charge in [0, 0.05) is 33.5 Å². The molecule has 0 aliphatic carbocycles. The summed E-state index contributed by atoms with van der Waals surface area (Å²) < 4.78 is 2.40. The van der Waals surface area contributed by atoms with Gasteiger partial charge < -0.3 is 9.47 Å². The molecule has 0 spiro atoms. The number of aromatic nitrogens is 1. The summed E-state index contributed by atoms with van der Waals surface area (Å²) in [5.41, 5.74) is 14.6. The lowest BCUT2D eigenvalue weighted by Crippen LogP contribution is -2.72. The lowest BCUT2D eigenvalue weighted by molar-refractivity contribution is 1.17. The van der Waals surface area contributed by atoms with E-state index < -0.39 is 16.1 Å². The van der Waals surface area contributed by atoms with Crippen LogP contribution in [0.1, 0.15) is 0 Å². The minimum absolute atomic E-state index is 1.09. The Morgan fingerprint density at radius 3 is 1.16 bits per heavy atom. The van der Waals surface area contributed by atoms with Crippen LogP contribution in [-0.2, 0) is 0 Å². The minimum Gasteiger partial charge on any atom is -0.311 e. The molecule has 0 unspecified atom stereocenters. The molecule has 0 amide bonds. The van der Waals surface area contributed by atoms with E-state index >= 15 is 0 Å². The molecular weight excluding hydrogens is 949 g/mol. The summed E-state index contributed by atoms with van der Waals surface area (Å²) in [7, 11) is -5.44. The van der Waals surface area contributed by atoms with E-state index in [0.29, 0.717) is 0 Å². The fourth-order valence-electron chi connectivity index (χ4n) is 13.4. The summed E-state index contributed by atoms with van der Waals surface area (Å²) in [6, 6.07) is 114. The number of para-hydroxylation sites is 2. The van der Waals surface area contributed by atoms with Crippen LogP contribution in [0.15, 0.2) is 303 Å². The first-order chi connectivity index (χ1) is 37.7. The van der Waals surface area contributed by atoms with E-state index in [9.17, 15) is 0 Å². The summed E-state index contributed by atoms with van der Waals surface area (Å²) >= 11 is 0. The quantitative estimate of drug-likeness (QED) is 0.131. The second-order valence-corrected chi connectivity index (χ2v) is 27.8. The molecule has 0 radical (unpaired) electrons. The van der Waals surface area contributed by atoms with E-state index in [1.54, 1.807) is 0 Å². The van der Waals surface area contributed by atoms with Gasteiger partial charge in [-0.3, -0.25) is 0 Å². The van der Waals surface area contributed by atoms with Crippen molar-refractivity contribution in [3.05, 3.63) is 303 Å². The zero-order valence-corrected chi connectivity index (χ0v) is 43.8. The Bertz CT molecular complexity index is 4200. The lowest BCUT2D eigenvalue weighted by Gasteiger charge is -2.33. The summed E-state index contributed by atoms with van der Waals surface area (Å²) in [4.78, 5) is 2.46. The number of fused-ring (bicyclic) bond motifs is 9. The van der Waals surface area contributed by atoms with Gasteiger partial charge in [-0.2, -0.15) is 0 Å². The molecule has 0 fully saturated rings. The fourth-order valence-corrected chi connectivity index (χ4v) is 23.8. The minimum atomic E-state index is -2.78. The summed E-state index contributed by atoms with van der Waals surface area (Å²) in [5, 5.41) is 13.9. The molecule has 356 valence electrons. The molecular formula is C72H50N2Si2. The van der Waals surface area contributed by atoms with E-state index in [4.69, 9.17) is 0 Å². The molecule has 15 rings (SSSR count). The zero-order valence-electron chi connectivity index (χ0n) is 41.8. The lowest BCUT2D eigenvalue weighted by atomic mass is 10.00. The average Bonchev–Trinajstić information content (AvgIpc) is 4.29. The third-order valence-corrected chi connectivity index (χ3v) is 26.3. The molecule has 76 heavy (non-hydrogen) atoms. The standard InChI is InChI=1S/C72H50N2Si2/c1-4-22-57(23-5-1)75(58-24-6-2-7-25-58)69-36-17-14-33-65(69)66-48-41-52(49-72(66)75)51-39-42-53(43-40-51)73(54-44-46-55(47-45-54)74-67-34-15-10-29-61(67)62-30-11-16-35-68(62)74)56-21-20-28-60(50-56)76(59-26-8-3-9-27-59)70-37-18-12-31-63(70)64-32-13-19-38-71(64)76/h1-50H. The van der Waals surface area contributed by atoms with Gasteiger partial charge in [-0.25, -0.2) is 0 Å². The molecule has 0 atom stereocenters. The van der Waals surface area contributed by atoms with Crippen LogP contribution in [0.25, 0.3) is 60.9 Å². The summed E-state index contributed by atoms with van der Waals surface area (Å²) in [6.07, 6.45) is 0. The maximum atomic E-state index is 2.52. The summed E-state index contributed by atoms with van der Waals surface area (Å²) in [5.74, 6) is 0. The molecule has 1 aromatic heterocycles. The Morgan fingerprint density at radius 2 is 0.645 bits per heavy atom. The molecule has 2 aliphatic heterocycles. The number of rotatable bonds is 9. The van der Waals surface area contributed by atoms with Crippen molar-refractivity contribution in [3.63, 3.8) is 0 Å². The number of benzene rings is 12. The number of hydrogen-bond donors (Lipinski definition) is 0. The number of anilines is 3. The van der Waals surface area contributed by atoms with Crippen molar-refractivity contribution in [2.24, 2.45) is 0 Å². The Hall–Kier alpha value is -9.33. The van der Waals surface area contributed by atoms with Crippen LogP contribution in [0.5, 0.6) is 0 Å². The molecule has 0 N–H and O–H groups in total. The van der Waals surface area contributed by atoms with Gasteiger partial charge in [0.1, 0.15) is 0 Å². The van der Waals surface area contributed by atoms with E-state index in [1.807, 2.05) is 0 Å². The Labute approximate surface area is 445 Å². The Morgan fingerprint density at radius 1 is 0.250 bits per heavy atom. The normalized spacial score (nSPS) is 13.5. The highest BCUT2D eigenvalue weighted by Crippen LogP contribution is 2.39. The molecule has 3 heterocycles. The van der Waals surface area contributed by atoms with Crippen LogP contribution in [-0.4, -0.2) is 20.7 Å². The molecule has 4 heteroatoms. The topological polar surface area (TPSA) is 8.17 Å². The summed E-state index contributed by atoms with van der Waals surface area (Å²) in [6.45, 7) is 0. The van der Waals surface area contributed by atoms with Crippen LogP contribution in [0.3, 0.4) is 0 Å². The van der Waals surface area contributed by atoms with Gasteiger partial charge in [0.2, 0.25) is 0 Å². The molecule has 13 aromatic rings. The highest BCUT2D eigenvalue weighted by atomic mass is 28.3. The fraction of sp³-hybridized carbons (Fsp3) is 0. The molecule has 0 bridgehead atoms. The van der Waals surface area contributed by atoms with Crippen LogP contribution < -0.4 is 46.4 Å². The second kappa shape index (κ2) is 17.7. The Kier molecular flexibility index (Phi) is 10.3. The largest absolute Gasteiger partial charge is 0.311 e. The predicted octanol–water partition coefficient (Wildman–Crippen LogP) is 12.6. The maximum Gasteiger partial charge on any atom is 0.180 e. The van der Waals surface area contributed by atoms with Gasteiger partial charge in [0.25, 0.3) is 0 Å². The van der Waals surface area contributed by atoms with Crippen molar-refractivity contribution in [2.45, 2.75) is 0 Å². The average molecular weight is 999 g/mol. The Balaban J connectivity index is 0.898. The van der Waals surface area contributed by atoms with Gasteiger partial charge in [-0.1, -0.05) is 243 Å². The predicted molar refractivity (Wildman–Crippen MR) is 326 cm³/mol. The van der Waals surface area contributed by atoms with Gasteiger partial charge in [0.15, 0.2) is 16.1 Å². The number of nitrogens with zero attached hydrogens (tertiary/aromatic N) is 2. The van der Waals surface area contributed by atoms with E-state index in [2.05, 4.69) is 313 Å². The van der Waals surface area contributed by atoms with Gasteiger partial charge >= 0.3 is 0 Å². The van der Waals surface area contributed by atoms with Crippen LogP contribution in [0, 0.1) is 0 Å². The van der Waals surface area contributed by atoms with Gasteiger partial charge in [-0.15, -0.1) is 0 Å². The molecule has 2 aliphatic rings. The highest BCUT2D eigenvalue weighted by Gasteiger charge is 2.50. The van der Waals surface area contributed by atoms with E-state index in [1.165, 1.54) is 96.7 Å². The van der Waals surface area contributed by atoms with Gasteiger partial charge in [-0.05, 0) is 136 Å². The SMILES string of the molecule is c1ccc([Si]2(c3cccc(N(c4ccc(-c5ccc6c(c5)[Si](c5ccccc5)(c5ccccc5)c5ccccc5-6)cc4)c4ccc(-n5c6ccccc6c6ccccc65)cc4)c3)c3ccccc3-c3ccccc32)cc1. The molecule has 0 saturated heterocycles. The second-order valence-electron chi connectivity index (χ2n) is 20.3. The van der Waals surface area contributed by atoms with Crippen LogP contribution in [0.2, 0.25) is 0 Å². The molecule has 0 saturated carbocycles. The third kappa shape index (κ3) is 6.51. The van der Waals surface area contributed by atoms with Crippen molar-refractivity contribution in [3.8, 4) is 39.1 Å². The molecule has 12 aromatic carbocycles. The van der Waals surface area contributed by atoms with Crippen LogP contribution in [0.4, 0.5) is 17.1 Å². The van der Waals surface area contributed by atoms with Crippen molar-refractivity contribution >= 4 is 96.5 Å². The first-order valence-electron chi connectivity index (χ1n) is 26.4. The van der Waals surface area contributed by atoms with Gasteiger partial charge in [0.05, 0.1) is 11.0 Å². The number of hydrogen-bond acceptors (Lipinski definition) is 1. The smallest absolute Gasteiger partial charge is 0.180 e. The van der Waals surface area contributed by atoms with E-state index in [0.717, 1.165) is 22.7 Å². The highest BCUT2D eigenvalue weighted by molar-refractivity contribution is 7.23. The zero-order chi connectivity index (χ0) is 50.2. The van der Waals surface area contributed by atoms with Crippen LogP contribution >= 0.6 is 0 Å². The van der Waals surface area contributed by atoms with Crippen molar-refractivity contribution < 1.29 is 0 Å². The first kappa shape index (κ1) is 44.2.